The molecule has 3 N–H and O–H groups in total. The van der Waals surface area contributed by atoms with Crippen LogP contribution in [0.4, 0.5) is 0 Å². The van der Waals surface area contributed by atoms with Crippen LogP contribution >= 0.6 is 12.2 Å². The van der Waals surface area contributed by atoms with Gasteiger partial charge in [-0.3, -0.25) is 4.57 Å². The Bertz CT molecular complexity index is 1550. The van der Waals surface area contributed by atoms with Crippen LogP contribution in [0.3, 0.4) is 0 Å². The van der Waals surface area contributed by atoms with Crippen molar-refractivity contribution in [2.75, 3.05) is 0 Å². The molecule has 0 aliphatic carbocycles. The fraction of sp³-hybridized carbons (Fsp3) is 0.148. The minimum Gasteiger partial charge on any atom is -0.508 e. The van der Waals surface area contributed by atoms with Gasteiger partial charge in [0.2, 0.25) is 5.88 Å². The van der Waals surface area contributed by atoms with Crippen LogP contribution in [0.1, 0.15) is 34.1 Å². The molecule has 0 saturated carbocycles. The van der Waals surface area contributed by atoms with Crippen LogP contribution in [0.15, 0.2) is 78.9 Å². The van der Waals surface area contributed by atoms with E-state index in [9.17, 15) is 10.2 Å². The number of fused-ring (bicyclic) bond motifs is 4. The van der Waals surface area contributed by atoms with Gasteiger partial charge in [-0.05, 0) is 53.5 Å². The first-order valence-electron chi connectivity index (χ1n) is 11.1. The van der Waals surface area contributed by atoms with Gasteiger partial charge in [0.05, 0.1) is 5.69 Å². The van der Waals surface area contributed by atoms with Gasteiger partial charge in [-0.1, -0.05) is 60.7 Å². The van der Waals surface area contributed by atoms with Crippen molar-refractivity contribution < 1.29 is 10.2 Å². The number of phenolic OH excluding ortho intramolecular Hbond substituents is 1. The van der Waals surface area contributed by atoms with Crippen molar-refractivity contribution in [3.63, 3.8) is 0 Å². The molecule has 5 nitrogen and oxygen atoms in total. The third-order valence-electron chi connectivity index (χ3n) is 6.62. The minimum absolute atomic E-state index is 0.205. The summed E-state index contributed by atoms with van der Waals surface area (Å²) in [5.41, 5.74) is 6.18. The van der Waals surface area contributed by atoms with Crippen molar-refractivity contribution >= 4 is 23.1 Å². The number of hydrogen-bond acceptors (Lipinski definition) is 3. The summed E-state index contributed by atoms with van der Waals surface area (Å²) >= 11 is 5.92. The molecule has 1 atom stereocenters. The number of para-hydroxylation sites is 1. The Balaban J connectivity index is 1.53. The van der Waals surface area contributed by atoms with Crippen LogP contribution in [0, 0.1) is 4.77 Å². The lowest BCUT2D eigenvalue weighted by atomic mass is 9.93. The molecular weight excluding hydrogens is 430 g/mol. The predicted octanol–water partition coefficient (Wildman–Crippen LogP) is 5.70. The number of rotatable bonds is 4. The Morgan fingerprint density at radius 1 is 0.939 bits per heavy atom. The van der Waals surface area contributed by atoms with Gasteiger partial charge >= 0.3 is 0 Å². The van der Waals surface area contributed by atoms with Gasteiger partial charge in [0, 0.05) is 29.6 Å². The van der Waals surface area contributed by atoms with Crippen LogP contribution < -0.4 is 0 Å². The standard InChI is InChI=1S/C27H23N3O2S/c31-19-10-6-9-18(15-19)25-24-21(20-11-4-5-12-22(20)28-24)16-23-26(32)29(27(33)30(23)25)14-13-17-7-2-1-3-8-17/h1-12,15,25,28,31-32H,13-14,16H2. The zero-order valence-corrected chi connectivity index (χ0v) is 18.7. The number of aromatic amines is 1. The third-order valence-corrected chi connectivity index (χ3v) is 7.03. The SMILES string of the molecule is Oc1cccc(C2c3[nH]c4ccccc4c3Cc3c(O)n(CCc4ccccc4)c(=S)n32)c1. The molecule has 164 valence electrons. The van der Waals surface area contributed by atoms with Crippen LogP contribution in [0.5, 0.6) is 11.6 Å². The molecule has 0 spiro atoms. The molecule has 1 aliphatic heterocycles. The normalized spacial score (nSPS) is 14.8. The molecule has 5 aromatic rings. The number of H-pyrrole nitrogens is 1. The van der Waals surface area contributed by atoms with Gasteiger partial charge < -0.3 is 19.8 Å². The summed E-state index contributed by atoms with van der Waals surface area (Å²) in [6.07, 6.45) is 1.36. The first-order valence-corrected chi connectivity index (χ1v) is 11.5. The van der Waals surface area contributed by atoms with E-state index < -0.39 is 0 Å². The molecule has 6 heteroatoms. The molecule has 0 amide bonds. The smallest absolute Gasteiger partial charge is 0.213 e. The summed E-state index contributed by atoms with van der Waals surface area (Å²) in [6, 6.07) is 25.5. The van der Waals surface area contributed by atoms with E-state index in [4.69, 9.17) is 12.2 Å². The van der Waals surface area contributed by atoms with Crippen molar-refractivity contribution in [2.45, 2.75) is 25.4 Å². The average molecular weight is 454 g/mol. The monoisotopic (exact) mass is 453 g/mol. The first kappa shape index (κ1) is 19.9. The number of hydrogen-bond donors (Lipinski definition) is 3. The van der Waals surface area contributed by atoms with E-state index >= 15 is 0 Å². The second kappa shape index (κ2) is 7.67. The van der Waals surface area contributed by atoms with E-state index in [2.05, 4.69) is 29.2 Å². The molecule has 0 fully saturated rings. The summed E-state index contributed by atoms with van der Waals surface area (Å²) in [6.45, 7) is 0.593. The van der Waals surface area contributed by atoms with Gasteiger partial charge in [0.15, 0.2) is 4.77 Å². The highest BCUT2D eigenvalue weighted by atomic mass is 32.1. The fourth-order valence-corrected chi connectivity index (χ4v) is 5.46. The highest BCUT2D eigenvalue weighted by Gasteiger charge is 2.34. The molecule has 0 bridgehead atoms. The number of benzene rings is 3. The largest absolute Gasteiger partial charge is 0.508 e. The summed E-state index contributed by atoms with van der Waals surface area (Å²) in [5, 5.41) is 22.7. The third kappa shape index (κ3) is 3.17. The summed E-state index contributed by atoms with van der Waals surface area (Å²) in [5.74, 6) is 0.425. The van der Waals surface area contributed by atoms with E-state index in [0.29, 0.717) is 17.7 Å². The average Bonchev–Trinajstić information content (AvgIpc) is 3.32. The molecule has 1 aliphatic rings. The topological polar surface area (TPSA) is 66.1 Å². The highest BCUT2D eigenvalue weighted by molar-refractivity contribution is 7.71. The van der Waals surface area contributed by atoms with E-state index in [-0.39, 0.29) is 17.7 Å². The number of imidazole rings is 1. The fourth-order valence-electron chi connectivity index (χ4n) is 5.07. The van der Waals surface area contributed by atoms with Crippen molar-refractivity contribution in [3.05, 3.63) is 112 Å². The van der Waals surface area contributed by atoms with Crippen molar-refractivity contribution in [2.24, 2.45) is 0 Å². The van der Waals surface area contributed by atoms with Gasteiger partial charge in [-0.15, -0.1) is 0 Å². The minimum atomic E-state index is -0.264. The van der Waals surface area contributed by atoms with Gasteiger partial charge in [0.25, 0.3) is 0 Å². The lowest BCUT2D eigenvalue weighted by Crippen LogP contribution is -2.21. The van der Waals surface area contributed by atoms with Gasteiger partial charge in [0.1, 0.15) is 11.8 Å². The van der Waals surface area contributed by atoms with E-state index in [0.717, 1.165) is 39.8 Å². The Morgan fingerprint density at radius 2 is 1.73 bits per heavy atom. The molecule has 0 saturated heterocycles. The van der Waals surface area contributed by atoms with E-state index in [1.54, 1.807) is 12.1 Å². The molecule has 2 aromatic heterocycles. The molecule has 6 rings (SSSR count). The van der Waals surface area contributed by atoms with Crippen molar-refractivity contribution in [1.82, 2.24) is 14.1 Å². The zero-order valence-electron chi connectivity index (χ0n) is 17.9. The van der Waals surface area contributed by atoms with Crippen LogP contribution in [0.25, 0.3) is 10.9 Å². The zero-order chi connectivity index (χ0) is 22.5. The van der Waals surface area contributed by atoms with Crippen molar-refractivity contribution in [3.8, 4) is 11.6 Å². The lowest BCUT2D eigenvalue weighted by molar-refractivity contribution is 0.410. The lowest BCUT2D eigenvalue weighted by Gasteiger charge is -2.26. The van der Waals surface area contributed by atoms with Gasteiger partial charge in [-0.2, -0.15) is 0 Å². The quantitative estimate of drug-likeness (QED) is 0.300. The Kier molecular flexibility index (Phi) is 4.62. The van der Waals surface area contributed by atoms with Crippen LogP contribution in [-0.2, 0) is 19.4 Å². The van der Waals surface area contributed by atoms with Crippen LogP contribution in [0.2, 0.25) is 0 Å². The molecule has 3 aromatic carbocycles. The Hall–Kier alpha value is -3.77. The number of aryl methyl sites for hydroxylation is 1. The maximum absolute atomic E-state index is 11.3. The number of phenols is 1. The van der Waals surface area contributed by atoms with E-state index in [1.807, 2.05) is 51.6 Å². The first-order chi connectivity index (χ1) is 16.1. The number of nitrogens with zero attached hydrogens (tertiary/aromatic N) is 2. The van der Waals surface area contributed by atoms with E-state index in [1.165, 1.54) is 5.56 Å². The maximum Gasteiger partial charge on any atom is 0.213 e. The highest BCUT2D eigenvalue weighted by Crippen LogP contribution is 2.43. The van der Waals surface area contributed by atoms with Gasteiger partial charge in [-0.25, -0.2) is 0 Å². The Morgan fingerprint density at radius 3 is 2.55 bits per heavy atom. The summed E-state index contributed by atoms with van der Waals surface area (Å²) in [4.78, 5) is 3.60. The number of aromatic nitrogens is 3. The molecular formula is C27H23N3O2S. The molecule has 33 heavy (non-hydrogen) atoms. The predicted molar refractivity (Wildman–Crippen MR) is 132 cm³/mol. The van der Waals surface area contributed by atoms with Crippen LogP contribution in [-0.4, -0.2) is 24.3 Å². The number of aromatic hydroxyl groups is 2. The Labute approximate surface area is 196 Å². The second-order valence-electron chi connectivity index (χ2n) is 8.55. The summed E-state index contributed by atoms with van der Waals surface area (Å²) < 4.78 is 4.46. The maximum atomic E-state index is 11.3. The van der Waals surface area contributed by atoms with Crippen molar-refractivity contribution in [1.29, 1.82) is 0 Å². The molecule has 1 unspecified atom stereocenters. The molecule has 0 radical (unpaired) electrons. The molecule has 3 heterocycles. The summed E-state index contributed by atoms with van der Waals surface area (Å²) in [7, 11) is 0. The number of nitrogens with one attached hydrogen (secondary N) is 1. The second-order valence-corrected chi connectivity index (χ2v) is 8.91.